The Hall–Kier alpha value is -1.07. The average molecular weight is 272 g/mol. The lowest BCUT2D eigenvalue weighted by atomic mass is 10.2. The van der Waals surface area contributed by atoms with Gasteiger partial charge in [0.05, 0.1) is 0 Å². The summed E-state index contributed by atoms with van der Waals surface area (Å²) < 4.78 is 0.899. The van der Waals surface area contributed by atoms with Gasteiger partial charge < -0.3 is 11.5 Å². The van der Waals surface area contributed by atoms with Gasteiger partial charge in [0.2, 0.25) is 0 Å². The lowest BCUT2D eigenvalue weighted by Gasteiger charge is -2.22. The Balaban J connectivity index is 2.94. The number of rotatable bonds is 3. The highest BCUT2D eigenvalue weighted by Gasteiger charge is 2.13. The molecular formula is C10H14BrN3O. The van der Waals surface area contributed by atoms with Crippen LogP contribution in [0.2, 0.25) is 0 Å². The van der Waals surface area contributed by atoms with Gasteiger partial charge in [0.15, 0.2) is 0 Å². The number of hydrogen-bond acceptors (Lipinski definition) is 2. The first-order valence-electron chi connectivity index (χ1n) is 4.59. The second kappa shape index (κ2) is 5.14. The summed E-state index contributed by atoms with van der Waals surface area (Å²) in [5, 5.41) is 0. The quantitative estimate of drug-likeness (QED) is 0.878. The third kappa shape index (κ3) is 3.53. The van der Waals surface area contributed by atoms with E-state index in [0.29, 0.717) is 6.54 Å². The first kappa shape index (κ1) is 12.0. The van der Waals surface area contributed by atoms with E-state index in [0.717, 1.165) is 10.2 Å². The van der Waals surface area contributed by atoms with Crippen molar-refractivity contribution in [2.45, 2.75) is 13.0 Å². The Morgan fingerprint density at radius 3 is 2.73 bits per heavy atom. The summed E-state index contributed by atoms with van der Waals surface area (Å²) in [5.41, 5.74) is 11.7. The number of anilines is 1. The minimum absolute atomic E-state index is 0.114. The SMILES string of the molecule is CC(N)CN(C(N)=O)c1cccc(Br)c1. The molecule has 1 atom stereocenters. The van der Waals surface area contributed by atoms with Gasteiger partial charge in [-0.05, 0) is 25.1 Å². The van der Waals surface area contributed by atoms with Crippen molar-refractivity contribution in [2.24, 2.45) is 11.5 Å². The van der Waals surface area contributed by atoms with Gasteiger partial charge in [0.1, 0.15) is 0 Å². The summed E-state index contributed by atoms with van der Waals surface area (Å²) in [6, 6.07) is 6.76. The Morgan fingerprint density at radius 1 is 1.60 bits per heavy atom. The lowest BCUT2D eigenvalue weighted by Crippen LogP contribution is -2.42. The van der Waals surface area contributed by atoms with Crippen LogP contribution < -0.4 is 16.4 Å². The first-order chi connectivity index (χ1) is 7.00. The van der Waals surface area contributed by atoms with Crippen LogP contribution in [0.15, 0.2) is 28.7 Å². The summed E-state index contributed by atoms with van der Waals surface area (Å²) in [7, 11) is 0. The fourth-order valence-electron chi connectivity index (χ4n) is 1.25. The molecule has 1 unspecified atom stereocenters. The van der Waals surface area contributed by atoms with E-state index >= 15 is 0 Å². The van der Waals surface area contributed by atoms with Crippen LogP contribution in [0.3, 0.4) is 0 Å². The molecule has 4 nitrogen and oxygen atoms in total. The second-order valence-corrected chi connectivity index (χ2v) is 4.32. The number of carbonyl (C=O) groups is 1. The van der Waals surface area contributed by atoms with Crippen LogP contribution in [0.4, 0.5) is 10.5 Å². The van der Waals surface area contributed by atoms with Crippen molar-refractivity contribution in [3.8, 4) is 0 Å². The fourth-order valence-corrected chi connectivity index (χ4v) is 1.64. The molecule has 2 amide bonds. The van der Waals surface area contributed by atoms with Gasteiger partial charge >= 0.3 is 6.03 Å². The molecule has 1 rings (SSSR count). The zero-order valence-electron chi connectivity index (χ0n) is 8.48. The normalized spacial score (nSPS) is 12.2. The Bertz CT molecular complexity index is 354. The molecule has 0 aliphatic carbocycles. The van der Waals surface area contributed by atoms with Crippen LogP contribution in [-0.2, 0) is 0 Å². The number of urea groups is 1. The molecule has 0 spiro atoms. The predicted molar refractivity (Wildman–Crippen MR) is 64.7 cm³/mol. The highest BCUT2D eigenvalue weighted by atomic mass is 79.9. The van der Waals surface area contributed by atoms with Crippen molar-refractivity contribution in [3.05, 3.63) is 28.7 Å². The van der Waals surface area contributed by atoms with Gasteiger partial charge in [0, 0.05) is 22.7 Å². The van der Waals surface area contributed by atoms with E-state index in [1.807, 2.05) is 31.2 Å². The molecule has 82 valence electrons. The second-order valence-electron chi connectivity index (χ2n) is 3.41. The summed E-state index contributed by atoms with van der Waals surface area (Å²) in [4.78, 5) is 12.7. The summed E-state index contributed by atoms with van der Waals surface area (Å²) in [6.07, 6.45) is 0. The van der Waals surface area contributed by atoms with Crippen LogP contribution in [0.5, 0.6) is 0 Å². The van der Waals surface area contributed by atoms with Crippen LogP contribution >= 0.6 is 15.9 Å². The molecule has 0 heterocycles. The third-order valence-electron chi connectivity index (χ3n) is 1.86. The monoisotopic (exact) mass is 271 g/mol. The predicted octanol–water partition coefficient (Wildman–Crippen LogP) is 1.68. The van der Waals surface area contributed by atoms with Crippen LogP contribution in [0, 0.1) is 0 Å². The van der Waals surface area contributed by atoms with Gasteiger partial charge in [-0.1, -0.05) is 22.0 Å². The molecule has 1 aromatic carbocycles. The van der Waals surface area contributed by atoms with E-state index in [1.54, 1.807) is 0 Å². The van der Waals surface area contributed by atoms with Crippen molar-refractivity contribution < 1.29 is 4.79 Å². The summed E-state index contributed by atoms with van der Waals surface area (Å²) in [6.45, 7) is 2.24. The highest BCUT2D eigenvalue weighted by Crippen LogP contribution is 2.19. The molecule has 5 heteroatoms. The minimum Gasteiger partial charge on any atom is -0.351 e. The van der Waals surface area contributed by atoms with Gasteiger partial charge in [-0.25, -0.2) is 4.79 Å². The van der Waals surface area contributed by atoms with Gasteiger partial charge in [-0.3, -0.25) is 4.90 Å². The number of benzene rings is 1. The maximum atomic E-state index is 11.2. The number of halogens is 1. The molecule has 0 aromatic heterocycles. The van der Waals surface area contributed by atoms with Crippen molar-refractivity contribution in [1.82, 2.24) is 0 Å². The fraction of sp³-hybridized carbons (Fsp3) is 0.300. The number of primary amides is 1. The first-order valence-corrected chi connectivity index (χ1v) is 5.38. The van der Waals surface area contributed by atoms with E-state index in [4.69, 9.17) is 11.5 Å². The zero-order valence-corrected chi connectivity index (χ0v) is 10.1. The van der Waals surface area contributed by atoms with E-state index in [2.05, 4.69) is 15.9 Å². The molecule has 0 fully saturated rings. The Labute approximate surface area is 97.4 Å². The lowest BCUT2D eigenvalue weighted by molar-refractivity contribution is 0.253. The van der Waals surface area contributed by atoms with E-state index in [9.17, 15) is 4.79 Å². The minimum atomic E-state index is -0.495. The topological polar surface area (TPSA) is 72.3 Å². The van der Waals surface area contributed by atoms with Crippen LogP contribution in [0.1, 0.15) is 6.92 Å². The molecule has 15 heavy (non-hydrogen) atoms. The van der Waals surface area contributed by atoms with Gasteiger partial charge in [-0.15, -0.1) is 0 Å². The van der Waals surface area contributed by atoms with Crippen molar-refractivity contribution in [3.63, 3.8) is 0 Å². The van der Waals surface area contributed by atoms with Crippen LogP contribution in [-0.4, -0.2) is 18.6 Å². The molecule has 4 N–H and O–H groups in total. The molecular weight excluding hydrogens is 258 g/mol. The molecule has 0 radical (unpaired) electrons. The largest absolute Gasteiger partial charge is 0.351 e. The maximum absolute atomic E-state index is 11.2. The number of nitrogens with zero attached hydrogens (tertiary/aromatic N) is 1. The smallest absolute Gasteiger partial charge is 0.319 e. The van der Waals surface area contributed by atoms with E-state index in [-0.39, 0.29) is 6.04 Å². The molecule has 0 saturated heterocycles. The van der Waals surface area contributed by atoms with Gasteiger partial charge in [0.25, 0.3) is 0 Å². The number of amides is 2. The molecule has 0 aliphatic heterocycles. The molecule has 0 aliphatic rings. The van der Waals surface area contributed by atoms with E-state index < -0.39 is 6.03 Å². The van der Waals surface area contributed by atoms with Crippen molar-refractivity contribution in [1.29, 1.82) is 0 Å². The Kier molecular flexibility index (Phi) is 4.11. The highest BCUT2D eigenvalue weighted by molar-refractivity contribution is 9.10. The van der Waals surface area contributed by atoms with E-state index in [1.165, 1.54) is 4.90 Å². The number of hydrogen-bond donors (Lipinski definition) is 2. The molecule has 1 aromatic rings. The third-order valence-corrected chi connectivity index (χ3v) is 2.35. The standard InChI is InChI=1S/C10H14BrN3O/c1-7(12)6-14(10(13)15)9-4-2-3-8(11)5-9/h2-5,7H,6,12H2,1H3,(H2,13,15). The molecule has 0 saturated carbocycles. The van der Waals surface area contributed by atoms with Crippen LogP contribution in [0.25, 0.3) is 0 Å². The van der Waals surface area contributed by atoms with Crippen molar-refractivity contribution >= 4 is 27.6 Å². The summed E-state index contributed by atoms with van der Waals surface area (Å²) in [5.74, 6) is 0. The maximum Gasteiger partial charge on any atom is 0.319 e. The molecule has 0 bridgehead atoms. The van der Waals surface area contributed by atoms with Gasteiger partial charge in [-0.2, -0.15) is 0 Å². The summed E-state index contributed by atoms with van der Waals surface area (Å²) >= 11 is 3.34. The zero-order chi connectivity index (χ0) is 11.4. The number of nitrogens with two attached hydrogens (primary N) is 2. The Morgan fingerprint density at radius 2 is 2.27 bits per heavy atom. The van der Waals surface area contributed by atoms with Crippen molar-refractivity contribution in [2.75, 3.05) is 11.4 Å². The number of carbonyl (C=O) groups excluding carboxylic acids is 1. The average Bonchev–Trinajstić information content (AvgIpc) is 2.13.